The highest BCUT2D eigenvalue weighted by atomic mass is 15.1. The molecule has 2 rings (SSSR count). The highest BCUT2D eigenvalue weighted by Crippen LogP contribution is 2.12. The second kappa shape index (κ2) is 16.1. The first-order valence-electron chi connectivity index (χ1n) is 13.0. The number of fused-ring (bicyclic) bond motifs is 1. The third-order valence-corrected chi connectivity index (χ3v) is 6.36. The first-order chi connectivity index (χ1) is 16.5. The summed E-state index contributed by atoms with van der Waals surface area (Å²) in [6.45, 7) is 8.66. The number of hydrogen-bond acceptors (Lipinski definition) is 7. The average molecular weight is 468 g/mol. The van der Waals surface area contributed by atoms with Crippen LogP contribution in [0.25, 0.3) is 0 Å². The van der Waals surface area contributed by atoms with E-state index < -0.39 is 0 Å². The molecule has 0 aromatic heterocycles. The molecule has 0 saturated carbocycles. The first-order valence-corrected chi connectivity index (χ1v) is 13.0. The molecule has 1 aliphatic heterocycles. The summed E-state index contributed by atoms with van der Waals surface area (Å²) in [5.74, 6) is 0. The molecule has 0 saturated heterocycles. The second-order valence-corrected chi connectivity index (χ2v) is 9.46. The Kier molecular flexibility index (Phi) is 13.1. The standard InChI is InChI=1S/C27H45N7/c1-23(30-18-12-8-7-11-17-28)21-33(2)19-13-9-5-4-6-10-14-20-34(3)25-16-15-24(29)26-27(25)32-22-31-26/h15-16,30H,1,4-14,18-22,29H2,2-3H3. The van der Waals surface area contributed by atoms with Crippen molar-refractivity contribution in [3.63, 3.8) is 0 Å². The van der Waals surface area contributed by atoms with Crippen molar-refractivity contribution in [1.29, 1.82) is 5.26 Å². The Hall–Kier alpha value is -2.59. The summed E-state index contributed by atoms with van der Waals surface area (Å²) in [4.78, 5) is 13.6. The molecule has 0 bridgehead atoms. The van der Waals surface area contributed by atoms with Gasteiger partial charge in [-0.15, -0.1) is 0 Å². The molecule has 7 heteroatoms. The van der Waals surface area contributed by atoms with E-state index in [2.05, 4.69) is 57.9 Å². The van der Waals surface area contributed by atoms with E-state index in [0.717, 1.165) is 73.2 Å². The number of nitrogens with one attached hydrogen (secondary N) is 1. The molecule has 1 aliphatic rings. The van der Waals surface area contributed by atoms with Crippen LogP contribution in [0.3, 0.4) is 0 Å². The van der Waals surface area contributed by atoms with Crippen LogP contribution >= 0.6 is 0 Å². The van der Waals surface area contributed by atoms with E-state index in [9.17, 15) is 0 Å². The second-order valence-electron chi connectivity index (χ2n) is 9.46. The summed E-state index contributed by atoms with van der Waals surface area (Å²) in [7, 11) is 4.31. The van der Waals surface area contributed by atoms with Crippen molar-refractivity contribution >= 4 is 11.4 Å². The fourth-order valence-corrected chi connectivity index (χ4v) is 4.36. The van der Waals surface area contributed by atoms with Crippen molar-refractivity contribution in [3.8, 4) is 6.07 Å². The number of anilines is 2. The molecule has 1 heterocycles. The molecule has 7 nitrogen and oxygen atoms in total. The van der Waals surface area contributed by atoms with Gasteiger partial charge < -0.3 is 20.9 Å². The van der Waals surface area contributed by atoms with Crippen molar-refractivity contribution in [2.45, 2.75) is 70.6 Å². The molecule has 0 unspecified atom stereocenters. The topological polar surface area (TPSA) is 93.0 Å². The monoisotopic (exact) mass is 467 g/mol. The van der Waals surface area contributed by atoms with Crippen molar-refractivity contribution in [2.75, 3.05) is 57.6 Å². The summed E-state index contributed by atoms with van der Waals surface area (Å²) in [5, 5.41) is 13.8. The van der Waals surface area contributed by atoms with E-state index in [1.807, 2.05) is 6.07 Å². The molecule has 0 fully saturated rings. The van der Waals surface area contributed by atoms with Crippen molar-refractivity contribution in [3.05, 3.63) is 35.1 Å². The quantitative estimate of drug-likeness (QED) is 0.239. The van der Waals surface area contributed by atoms with Gasteiger partial charge in [-0.05, 0) is 51.4 Å². The zero-order chi connectivity index (χ0) is 24.6. The predicted molar refractivity (Wildman–Crippen MR) is 142 cm³/mol. The molecule has 34 heavy (non-hydrogen) atoms. The Balaban J connectivity index is 1.44. The first kappa shape index (κ1) is 27.7. The number of nitrogen functional groups attached to an aromatic ring is 1. The van der Waals surface area contributed by atoms with E-state index in [4.69, 9.17) is 11.0 Å². The third kappa shape index (κ3) is 10.1. The Morgan fingerprint density at radius 3 is 2.35 bits per heavy atom. The van der Waals surface area contributed by atoms with Gasteiger partial charge in [0.25, 0.3) is 0 Å². The van der Waals surface area contributed by atoms with Gasteiger partial charge in [0, 0.05) is 38.8 Å². The Morgan fingerprint density at radius 1 is 0.971 bits per heavy atom. The van der Waals surface area contributed by atoms with Crippen LogP contribution in [-0.4, -0.2) is 51.8 Å². The Labute approximate surface area is 206 Å². The van der Waals surface area contributed by atoms with Crippen LogP contribution in [0.2, 0.25) is 0 Å². The minimum absolute atomic E-state index is 0.497. The van der Waals surface area contributed by atoms with Crippen molar-refractivity contribution in [2.24, 2.45) is 9.98 Å². The minimum Gasteiger partial charge on any atom is -0.397 e. The van der Waals surface area contributed by atoms with Gasteiger partial charge in [0.2, 0.25) is 0 Å². The van der Waals surface area contributed by atoms with E-state index in [-0.39, 0.29) is 0 Å². The highest BCUT2D eigenvalue weighted by Gasteiger charge is 2.10. The van der Waals surface area contributed by atoms with Crippen LogP contribution in [0.4, 0.5) is 11.4 Å². The van der Waals surface area contributed by atoms with Gasteiger partial charge in [-0.3, -0.25) is 9.98 Å². The molecule has 188 valence electrons. The number of nitrogens with two attached hydrogens (primary N) is 1. The lowest BCUT2D eigenvalue weighted by Crippen LogP contribution is -2.33. The summed E-state index contributed by atoms with van der Waals surface area (Å²) in [6, 6.07) is 6.21. The molecule has 0 radical (unpaired) electrons. The molecule has 0 spiro atoms. The Bertz CT molecular complexity index is 903. The number of nitrogens with zero attached hydrogens (tertiary/aromatic N) is 5. The lowest BCUT2D eigenvalue weighted by molar-refractivity contribution is 0.342. The van der Waals surface area contributed by atoms with Crippen LogP contribution in [0.1, 0.15) is 70.6 Å². The maximum Gasteiger partial charge on any atom is 0.131 e. The smallest absolute Gasteiger partial charge is 0.131 e. The molecule has 0 amide bonds. The number of rotatable bonds is 19. The minimum atomic E-state index is 0.497. The van der Waals surface area contributed by atoms with Gasteiger partial charge in [-0.25, -0.2) is 0 Å². The van der Waals surface area contributed by atoms with Gasteiger partial charge in [-0.2, -0.15) is 5.26 Å². The molecule has 0 atom stereocenters. The van der Waals surface area contributed by atoms with E-state index in [1.165, 1.54) is 44.9 Å². The predicted octanol–water partition coefficient (Wildman–Crippen LogP) is 3.77. The normalized spacial score (nSPS) is 12.1. The molecule has 1 aromatic carbocycles. The lowest BCUT2D eigenvalue weighted by Gasteiger charge is -2.19. The van der Waals surface area contributed by atoms with Crippen LogP contribution in [0.5, 0.6) is 0 Å². The van der Waals surface area contributed by atoms with E-state index in [0.29, 0.717) is 13.1 Å². The fraction of sp³-hybridized carbons (Fsp3) is 0.667. The largest absolute Gasteiger partial charge is 0.397 e. The summed E-state index contributed by atoms with van der Waals surface area (Å²) >= 11 is 0. The van der Waals surface area contributed by atoms with Gasteiger partial charge in [-0.1, -0.05) is 45.1 Å². The molecule has 3 N–H and O–H groups in total. The van der Waals surface area contributed by atoms with Crippen LogP contribution in [-0.2, 0) is 0 Å². The maximum absolute atomic E-state index is 8.55. The van der Waals surface area contributed by atoms with E-state index in [1.54, 1.807) is 0 Å². The Morgan fingerprint density at radius 2 is 1.62 bits per heavy atom. The molecular formula is C27H45N7. The molecule has 1 aromatic rings. The van der Waals surface area contributed by atoms with Crippen molar-refractivity contribution < 1.29 is 0 Å². The van der Waals surface area contributed by atoms with Crippen molar-refractivity contribution in [1.82, 2.24) is 10.2 Å². The van der Waals surface area contributed by atoms with Gasteiger partial charge in [0.15, 0.2) is 0 Å². The van der Waals surface area contributed by atoms with E-state index >= 15 is 0 Å². The van der Waals surface area contributed by atoms with Gasteiger partial charge in [0.05, 0.1) is 17.4 Å². The highest BCUT2D eigenvalue weighted by molar-refractivity contribution is 5.52. The van der Waals surface area contributed by atoms with Crippen LogP contribution < -0.4 is 26.7 Å². The third-order valence-electron chi connectivity index (χ3n) is 6.36. The van der Waals surface area contributed by atoms with Crippen LogP contribution in [0.15, 0.2) is 34.4 Å². The fourth-order valence-electron chi connectivity index (χ4n) is 4.36. The number of hydrogen-bond donors (Lipinski definition) is 2. The maximum atomic E-state index is 8.55. The number of unbranched alkanes of at least 4 members (excludes halogenated alkanes) is 9. The lowest BCUT2D eigenvalue weighted by atomic mass is 10.1. The van der Waals surface area contributed by atoms with Gasteiger partial charge >= 0.3 is 0 Å². The summed E-state index contributed by atoms with van der Waals surface area (Å²) in [5.41, 5.74) is 8.98. The van der Waals surface area contributed by atoms with Gasteiger partial charge in [0.1, 0.15) is 17.4 Å². The zero-order valence-corrected chi connectivity index (χ0v) is 21.5. The van der Waals surface area contributed by atoms with Crippen LogP contribution in [0, 0.1) is 11.3 Å². The molecular weight excluding hydrogens is 422 g/mol. The summed E-state index contributed by atoms with van der Waals surface area (Å²) < 4.78 is 0. The molecule has 0 aliphatic carbocycles. The zero-order valence-electron chi connectivity index (χ0n) is 21.5. The number of benzene rings is 1. The number of likely N-dealkylation sites (N-methyl/N-ethyl adjacent to an activating group) is 1. The SMILES string of the molecule is C=C(CN(C)CCCCCCCCCN(C)c1ccc(N)c2c1=NCN=2)NCCCCCC#N. The number of nitriles is 1. The average Bonchev–Trinajstić information content (AvgIpc) is 3.31. The summed E-state index contributed by atoms with van der Waals surface area (Å²) in [6.07, 6.45) is 12.8.